The molecule has 0 spiro atoms. The quantitative estimate of drug-likeness (QED) is 0.612. The van der Waals surface area contributed by atoms with E-state index >= 15 is 0 Å². The lowest BCUT2D eigenvalue weighted by atomic mass is 10.1. The Balaban J connectivity index is 1.64. The molecule has 5 nitrogen and oxygen atoms in total. The third-order valence-corrected chi connectivity index (χ3v) is 4.50. The van der Waals surface area contributed by atoms with Gasteiger partial charge in [-0.25, -0.2) is 0 Å². The predicted octanol–water partition coefficient (Wildman–Crippen LogP) is 2.83. The van der Waals surface area contributed by atoms with E-state index in [0.29, 0.717) is 15.0 Å². The third-order valence-electron chi connectivity index (χ3n) is 3.56. The maximum atomic E-state index is 12.0. The molecule has 3 rings (SSSR count). The van der Waals surface area contributed by atoms with Crippen LogP contribution in [0.3, 0.4) is 0 Å². The number of fused-ring (bicyclic) bond motifs is 1. The summed E-state index contributed by atoms with van der Waals surface area (Å²) in [5, 5.41) is 15.8. The summed E-state index contributed by atoms with van der Waals surface area (Å²) in [5.74, 6) is -1.07. The zero-order valence-corrected chi connectivity index (χ0v) is 15.1. The summed E-state index contributed by atoms with van der Waals surface area (Å²) >= 11 is 1.90. The molecule has 0 radical (unpaired) electrons. The average molecular weight is 446 g/mol. The molecule has 0 saturated heterocycles. The van der Waals surface area contributed by atoms with E-state index < -0.39 is 5.97 Å². The number of anilines is 1. The molecule has 0 unspecified atom stereocenters. The highest BCUT2D eigenvalue weighted by Gasteiger charge is 2.07. The molecular formula is C19H13INO4-. The molecular weight excluding hydrogens is 433 g/mol. The van der Waals surface area contributed by atoms with Crippen LogP contribution in [-0.4, -0.2) is 18.5 Å². The van der Waals surface area contributed by atoms with Crippen molar-refractivity contribution in [2.45, 2.75) is 0 Å². The second-order valence-electron chi connectivity index (χ2n) is 5.33. The van der Waals surface area contributed by atoms with Gasteiger partial charge in [-0.15, -0.1) is 0 Å². The molecule has 0 atom stereocenters. The van der Waals surface area contributed by atoms with Gasteiger partial charge in [0, 0.05) is 14.8 Å². The van der Waals surface area contributed by atoms with E-state index in [2.05, 4.69) is 5.32 Å². The second-order valence-corrected chi connectivity index (χ2v) is 6.49. The van der Waals surface area contributed by atoms with Gasteiger partial charge in [0.15, 0.2) is 6.61 Å². The highest BCUT2D eigenvalue weighted by atomic mass is 127. The molecule has 3 aromatic rings. The predicted molar refractivity (Wildman–Crippen MR) is 102 cm³/mol. The number of ether oxygens (including phenoxy) is 1. The lowest BCUT2D eigenvalue weighted by molar-refractivity contribution is -0.255. The van der Waals surface area contributed by atoms with E-state index in [1.165, 1.54) is 6.07 Å². The number of aromatic carboxylic acids is 1. The van der Waals surface area contributed by atoms with Crippen LogP contribution in [0.4, 0.5) is 5.69 Å². The van der Waals surface area contributed by atoms with Crippen LogP contribution >= 0.6 is 22.6 Å². The zero-order chi connectivity index (χ0) is 17.8. The van der Waals surface area contributed by atoms with Crippen molar-refractivity contribution in [3.05, 3.63) is 69.8 Å². The Morgan fingerprint density at radius 1 is 1.00 bits per heavy atom. The van der Waals surface area contributed by atoms with Crippen molar-refractivity contribution in [1.29, 1.82) is 0 Å². The van der Waals surface area contributed by atoms with E-state index in [1.807, 2.05) is 59.0 Å². The molecule has 25 heavy (non-hydrogen) atoms. The summed E-state index contributed by atoms with van der Waals surface area (Å²) in [6, 6.07) is 18.0. The molecule has 0 aromatic heterocycles. The largest absolute Gasteiger partial charge is 0.545 e. The highest BCUT2D eigenvalue weighted by molar-refractivity contribution is 14.1. The first-order valence-corrected chi connectivity index (χ1v) is 8.53. The molecule has 0 heterocycles. The van der Waals surface area contributed by atoms with Gasteiger partial charge in [-0.2, -0.15) is 0 Å². The number of carbonyl (C=O) groups excluding carboxylic acids is 2. The lowest BCUT2D eigenvalue weighted by Crippen LogP contribution is -2.24. The number of carboxylic acids is 1. The smallest absolute Gasteiger partial charge is 0.262 e. The van der Waals surface area contributed by atoms with Crippen LogP contribution in [0.15, 0.2) is 60.7 Å². The monoisotopic (exact) mass is 446 g/mol. The van der Waals surface area contributed by atoms with Gasteiger partial charge in [0.25, 0.3) is 5.91 Å². The van der Waals surface area contributed by atoms with Crippen LogP contribution in [-0.2, 0) is 4.79 Å². The van der Waals surface area contributed by atoms with E-state index in [0.717, 1.165) is 10.8 Å². The Kier molecular flexibility index (Phi) is 5.18. The van der Waals surface area contributed by atoms with Crippen molar-refractivity contribution in [1.82, 2.24) is 0 Å². The first-order chi connectivity index (χ1) is 12.0. The number of nitrogens with one attached hydrogen (secondary N) is 1. The summed E-state index contributed by atoms with van der Waals surface area (Å²) in [5.41, 5.74) is 0.417. The number of amides is 1. The first kappa shape index (κ1) is 17.2. The van der Waals surface area contributed by atoms with Crippen molar-refractivity contribution < 1.29 is 19.4 Å². The fourth-order valence-electron chi connectivity index (χ4n) is 2.36. The maximum Gasteiger partial charge on any atom is 0.262 e. The van der Waals surface area contributed by atoms with Crippen LogP contribution in [0.1, 0.15) is 10.4 Å². The van der Waals surface area contributed by atoms with Gasteiger partial charge in [0.2, 0.25) is 0 Å². The maximum absolute atomic E-state index is 12.0. The molecule has 0 aliphatic carbocycles. The molecule has 1 amide bonds. The van der Waals surface area contributed by atoms with Crippen LogP contribution in [0.2, 0.25) is 0 Å². The summed E-state index contributed by atoms with van der Waals surface area (Å²) in [6.07, 6.45) is 0. The van der Waals surface area contributed by atoms with Crippen LogP contribution in [0.25, 0.3) is 10.8 Å². The van der Waals surface area contributed by atoms with Gasteiger partial charge in [0.1, 0.15) is 5.75 Å². The molecule has 0 fully saturated rings. The van der Waals surface area contributed by atoms with E-state index in [4.69, 9.17) is 4.74 Å². The number of benzene rings is 3. The Labute approximate surface area is 157 Å². The van der Waals surface area contributed by atoms with Crippen molar-refractivity contribution in [3.8, 4) is 5.75 Å². The number of rotatable bonds is 5. The van der Waals surface area contributed by atoms with Gasteiger partial charge in [-0.3, -0.25) is 4.79 Å². The van der Waals surface area contributed by atoms with E-state index in [1.54, 1.807) is 18.2 Å². The summed E-state index contributed by atoms with van der Waals surface area (Å²) in [4.78, 5) is 23.0. The second kappa shape index (κ2) is 7.52. The average Bonchev–Trinajstić information content (AvgIpc) is 2.61. The molecule has 126 valence electrons. The number of hydrogen-bond acceptors (Lipinski definition) is 4. The summed E-state index contributed by atoms with van der Waals surface area (Å²) in [7, 11) is 0. The molecule has 1 N–H and O–H groups in total. The van der Waals surface area contributed by atoms with Gasteiger partial charge in [-0.1, -0.05) is 30.3 Å². The molecule has 0 aliphatic rings. The summed E-state index contributed by atoms with van der Waals surface area (Å²) in [6.45, 7) is -0.176. The van der Waals surface area contributed by atoms with Crippen LogP contribution in [0, 0.1) is 3.57 Å². The van der Waals surface area contributed by atoms with Crippen LogP contribution in [0.5, 0.6) is 5.75 Å². The third kappa shape index (κ3) is 4.27. The Morgan fingerprint density at radius 3 is 2.52 bits per heavy atom. The number of carbonyl (C=O) groups is 2. The standard InChI is InChI=1S/C19H14INO4/c20-17-8-6-14(10-16(17)19(23)24)21-18(22)11-25-15-7-5-12-3-1-2-4-13(12)9-15/h1-10H,11H2,(H,21,22)(H,23,24)/p-1. The lowest BCUT2D eigenvalue weighted by Gasteiger charge is -2.11. The van der Waals surface area contributed by atoms with Crippen molar-refractivity contribution in [3.63, 3.8) is 0 Å². The van der Waals surface area contributed by atoms with Gasteiger partial charge < -0.3 is 20.0 Å². The fraction of sp³-hybridized carbons (Fsp3) is 0.0526. The number of halogens is 1. The van der Waals surface area contributed by atoms with Crippen molar-refractivity contribution in [2.75, 3.05) is 11.9 Å². The topological polar surface area (TPSA) is 78.5 Å². The Bertz CT molecular complexity index is 955. The van der Waals surface area contributed by atoms with Crippen LogP contribution < -0.4 is 15.2 Å². The molecule has 0 bridgehead atoms. The summed E-state index contributed by atoms with van der Waals surface area (Å²) < 4.78 is 6.05. The Hall–Kier alpha value is -2.61. The normalized spacial score (nSPS) is 10.4. The molecule has 0 saturated carbocycles. The molecule has 6 heteroatoms. The number of hydrogen-bond donors (Lipinski definition) is 1. The first-order valence-electron chi connectivity index (χ1n) is 7.45. The Morgan fingerprint density at radius 2 is 1.76 bits per heavy atom. The van der Waals surface area contributed by atoms with Gasteiger partial charge in [0.05, 0.1) is 5.97 Å². The molecule has 0 aliphatic heterocycles. The van der Waals surface area contributed by atoms with Gasteiger partial charge >= 0.3 is 0 Å². The number of carboxylic acid groups (broad SMARTS) is 1. The molecule has 3 aromatic carbocycles. The highest BCUT2D eigenvalue weighted by Crippen LogP contribution is 2.21. The SMILES string of the molecule is O=C(COc1ccc2ccccc2c1)Nc1ccc(I)c(C(=O)[O-])c1. The minimum Gasteiger partial charge on any atom is -0.545 e. The van der Waals surface area contributed by atoms with Crippen molar-refractivity contribution >= 4 is 50.9 Å². The zero-order valence-electron chi connectivity index (χ0n) is 13.0. The minimum atomic E-state index is -1.28. The van der Waals surface area contributed by atoms with Gasteiger partial charge in [-0.05, 0) is 63.7 Å². The van der Waals surface area contributed by atoms with E-state index in [-0.39, 0.29) is 18.1 Å². The van der Waals surface area contributed by atoms with E-state index in [9.17, 15) is 14.7 Å². The fourth-order valence-corrected chi connectivity index (χ4v) is 2.92. The minimum absolute atomic E-state index is 0.0360. The van der Waals surface area contributed by atoms with Crippen molar-refractivity contribution in [2.24, 2.45) is 0 Å².